The third kappa shape index (κ3) is 5.16. The fourth-order valence-electron chi connectivity index (χ4n) is 4.79. The van der Waals surface area contributed by atoms with Crippen LogP contribution in [0.25, 0.3) is 0 Å². The highest BCUT2D eigenvalue weighted by Gasteiger charge is 2.36. The number of rotatable bonds is 7. The molecule has 9 nitrogen and oxygen atoms in total. The molecule has 1 aliphatic rings. The quantitative estimate of drug-likeness (QED) is 0.374. The highest BCUT2D eigenvalue weighted by atomic mass is 32.2. The van der Waals surface area contributed by atoms with E-state index in [0.29, 0.717) is 30.6 Å². The topological polar surface area (TPSA) is 130 Å². The fraction of sp³-hybridized carbons (Fsp3) is 0.179. The molecule has 0 saturated heterocycles. The van der Waals surface area contributed by atoms with Gasteiger partial charge in [-0.25, -0.2) is 18.2 Å². The Balaban J connectivity index is 1.61. The van der Waals surface area contributed by atoms with Gasteiger partial charge < -0.3 is 15.0 Å². The molecule has 1 aliphatic heterocycles. The van der Waals surface area contributed by atoms with E-state index in [2.05, 4.69) is 20.9 Å². The number of hydrogen-bond acceptors (Lipinski definition) is 6. The van der Waals surface area contributed by atoms with Crippen LogP contribution in [0.4, 0.5) is 5.69 Å². The van der Waals surface area contributed by atoms with Crippen LogP contribution >= 0.6 is 0 Å². The normalized spacial score (nSPS) is 15.9. The van der Waals surface area contributed by atoms with Crippen LogP contribution in [0.15, 0.2) is 90.2 Å². The number of imidazole rings is 1. The van der Waals surface area contributed by atoms with Gasteiger partial charge in [-0.2, -0.15) is 9.57 Å². The molecule has 0 fully saturated rings. The van der Waals surface area contributed by atoms with E-state index in [-0.39, 0.29) is 17.0 Å². The Kier molecular flexibility index (Phi) is 6.96. The van der Waals surface area contributed by atoms with Gasteiger partial charge in [0.05, 0.1) is 40.7 Å². The summed E-state index contributed by atoms with van der Waals surface area (Å²) in [6.45, 7) is 0.893. The monoisotopic (exact) mass is 527 g/mol. The molecule has 2 N–H and O–H groups in total. The van der Waals surface area contributed by atoms with Crippen LogP contribution in [0, 0.1) is 11.3 Å². The van der Waals surface area contributed by atoms with Crippen molar-refractivity contribution in [3.8, 4) is 6.07 Å². The van der Waals surface area contributed by atoms with E-state index in [9.17, 15) is 23.6 Å². The molecular weight excluding hydrogens is 502 g/mol. The van der Waals surface area contributed by atoms with E-state index in [1.54, 1.807) is 24.7 Å². The molecule has 1 aromatic heterocycles. The number of nitrogens with one attached hydrogen (secondary N) is 1. The van der Waals surface area contributed by atoms with Gasteiger partial charge in [0.1, 0.15) is 0 Å². The number of anilines is 1. The van der Waals surface area contributed by atoms with Crippen molar-refractivity contribution in [3.05, 3.63) is 113 Å². The number of sulfonamides is 1. The molecule has 3 aromatic carbocycles. The second kappa shape index (κ2) is 10.5. The van der Waals surface area contributed by atoms with Gasteiger partial charge in [0.25, 0.3) is 0 Å². The van der Waals surface area contributed by atoms with Gasteiger partial charge >= 0.3 is 5.97 Å². The first-order chi connectivity index (χ1) is 18.3. The molecule has 10 heteroatoms. The molecule has 192 valence electrons. The summed E-state index contributed by atoms with van der Waals surface area (Å²) in [4.78, 5) is 20.8. The van der Waals surface area contributed by atoms with Crippen LogP contribution in [0.2, 0.25) is 0 Å². The largest absolute Gasteiger partial charge is 0.478 e. The summed E-state index contributed by atoms with van der Waals surface area (Å²) in [5, 5.41) is 18.8. The molecule has 2 heterocycles. The van der Waals surface area contributed by atoms with E-state index in [1.165, 1.54) is 28.6 Å². The number of H-pyrrole nitrogens is 1. The Hall–Kier alpha value is -4.46. The van der Waals surface area contributed by atoms with Gasteiger partial charge in [0.2, 0.25) is 10.0 Å². The van der Waals surface area contributed by atoms with Crippen molar-refractivity contribution < 1.29 is 18.3 Å². The molecular formula is C28H25N5O4S. The van der Waals surface area contributed by atoms with Crippen LogP contribution in [0.5, 0.6) is 0 Å². The zero-order valence-electron chi connectivity index (χ0n) is 20.4. The molecule has 1 atom stereocenters. The molecule has 0 bridgehead atoms. The minimum atomic E-state index is -4.04. The number of nitrogens with zero attached hydrogens (tertiary/aromatic N) is 4. The van der Waals surface area contributed by atoms with E-state index in [1.807, 2.05) is 36.4 Å². The predicted molar refractivity (Wildman–Crippen MR) is 141 cm³/mol. The number of carbonyl (C=O) groups is 1. The van der Waals surface area contributed by atoms with Gasteiger partial charge in [0, 0.05) is 31.0 Å². The van der Waals surface area contributed by atoms with Crippen LogP contribution < -0.4 is 4.90 Å². The lowest BCUT2D eigenvalue weighted by Gasteiger charge is -2.32. The highest BCUT2D eigenvalue weighted by Crippen LogP contribution is 2.33. The number of carboxylic acids is 1. The summed E-state index contributed by atoms with van der Waals surface area (Å²) in [7, 11) is -4.04. The number of hydrogen-bond donors (Lipinski definition) is 2. The van der Waals surface area contributed by atoms with Crippen molar-refractivity contribution in [2.24, 2.45) is 0 Å². The van der Waals surface area contributed by atoms with Crippen molar-refractivity contribution in [1.29, 1.82) is 5.26 Å². The van der Waals surface area contributed by atoms with Crippen LogP contribution in [-0.2, 0) is 29.5 Å². The van der Waals surface area contributed by atoms with Crippen molar-refractivity contribution in [2.75, 3.05) is 11.4 Å². The van der Waals surface area contributed by atoms with E-state index in [0.717, 1.165) is 16.9 Å². The molecule has 0 aliphatic carbocycles. The standard InChI is InChI=1S/C28H25N5O4S/c29-14-21-6-11-27-23(12-21)16-33(38(36,37)26-9-7-22(8-10-26)28(34)35)25(13-20-4-2-1-3-5-20)18-32(27)17-24-15-30-19-31-24/h1-12,15,19,25H,13,16-18H2,(H,30,31)(H,34,35)/t25-/m1/s1. The van der Waals surface area contributed by atoms with E-state index < -0.39 is 22.0 Å². The highest BCUT2D eigenvalue weighted by molar-refractivity contribution is 7.89. The fourth-order valence-corrected chi connectivity index (χ4v) is 6.39. The lowest BCUT2D eigenvalue weighted by Crippen LogP contribution is -2.45. The summed E-state index contributed by atoms with van der Waals surface area (Å²) < 4.78 is 29.6. The molecule has 4 aromatic rings. The molecule has 0 saturated carbocycles. The third-order valence-electron chi connectivity index (χ3n) is 6.64. The second-order valence-corrected chi connectivity index (χ2v) is 11.0. The van der Waals surface area contributed by atoms with Crippen LogP contribution in [0.1, 0.15) is 32.7 Å². The number of benzene rings is 3. The van der Waals surface area contributed by atoms with Crippen LogP contribution in [-0.4, -0.2) is 46.4 Å². The summed E-state index contributed by atoms with van der Waals surface area (Å²) in [5.74, 6) is -1.13. The molecule has 0 spiro atoms. The first-order valence-corrected chi connectivity index (χ1v) is 13.4. The van der Waals surface area contributed by atoms with E-state index >= 15 is 0 Å². The van der Waals surface area contributed by atoms with Crippen molar-refractivity contribution in [3.63, 3.8) is 0 Å². The predicted octanol–water partition coefficient (Wildman–Crippen LogP) is 3.80. The van der Waals surface area contributed by atoms with Gasteiger partial charge in [-0.15, -0.1) is 0 Å². The Bertz CT molecular complexity index is 1580. The zero-order valence-corrected chi connectivity index (χ0v) is 21.2. The average Bonchev–Trinajstić information content (AvgIpc) is 3.39. The molecule has 5 rings (SSSR count). The van der Waals surface area contributed by atoms with Gasteiger partial charge in [-0.1, -0.05) is 30.3 Å². The first kappa shape index (κ1) is 25.2. The summed E-state index contributed by atoms with van der Waals surface area (Å²) >= 11 is 0. The zero-order chi connectivity index (χ0) is 26.7. The summed E-state index contributed by atoms with van der Waals surface area (Å²) in [6.07, 6.45) is 3.87. The minimum Gasteiger partial charge on any atom is -0.478 e. The number of fused-ring (bicyclic) bond motifs is 1. The van der Waals surface area contributed by atoms with Crippen molar-refractivity contribution >= 4 is 21.7 Å². The average molecular weight is 528 g/mol. The van der Waals surface area contributed by atoms with E-state index in [4.69, 9.17) is 0 Å². The maximum absolute atomic E-state index is 14.1. The smallest absolute Gasteiger partial charge is 0.335 e. The lowest BCUT2D eigenvalue weighted by atomic mass is 10.1. The Labute approximate surface area is 220 Å². The van der Waals surface area contributed by atoms with Gasteiger partial charge in [0.15, 0.2) is 0 Å². The van der Waals surface area contributed by atoms with Gasteiger partial charge in [-0.05, 0) is 60.0 Å². The first-order valence-electron chi connectivity index (χ1n) is 12.0. The Morgan fingerprint density at radius 2 is 1.87 bits per heavy atom. The number of aromatic amines is 1. The summed E-state index contributed by atoms with van der Waals surface area (Å²) in [6, 6.07) is 22.0. The Morgan fingerprint density at radius 1 is 1.11 bits per heavy atom. The molecule has 0 amide bonds. The summed E-state index contributed by atoms with van der Waals surface area (Å²) in [5.41, 5.74) is 3.79. The molecule has 0 radical (unpaired) electrons. The minimum absolute atomic E-state index is 0.00911. The maximum Gasteiger partial charge on any atom is 0.335 e. The molecule has 0 unspecified atom stereocenters. The van der Waals surface area contributed by atoms with Crippen LogP contribution in [0.3, 0.4) is 0 Å². The lowest BCUT2D eigenvalue weighted by molar-refractivity contribution is 0.0696. The van der Waals surface area contributed by atoms with Crippen molar-refractivity contribution in [1.82, 2.24) is 14.3 Å². The van der Waals surface area contributed by atoms with Crippen molar-refractivity contribution in [2.45, 2.75) is 30.4 Å². The van der Waals surface area contributed by atoms with Gasteiger partial charge in [-0.3, -0.25) is 0 Å². The number of aromatic nitrogens is 2. The number of aromatic carboxylic acids is 1. The maximum atomic E-state index is 14.1. The third-order valence-corrected chi connectivity index (χ3v) is 8.56. The molecule has 38 heavy (non-hydrogen) atoms. The Morgan fingerprint density at radius 3 is 2.53 bits per heavy atom. The number of nitriles is 1. The number of carboxylic acid groups (broad SMARTS) is 1. The SMILES string of the molecule is N#Cc1ccc2c(c1)CN(S(=O)(=O)c1ccc(C(=O)O)cc1)[C@H](Cc1ccccc1)CN2Cc1c[nH]cn1. The second-order valence-electron chi connectivity index (χ2n) is 9.12.